The molecule has 0 bridgehead atoms. The molecule has 2 unspecified atom stereocenters. The highest BCUT2D eigenvalue weighted by Gasteiger charge is 2.45. The smallest absolute Gasteiger partial charge is 0.00725 e. The van der Waals surface area contributed by atoms with Crippen LogP contribution in [0.3, 0.4) is 0 Å². The lowest BCUT2D eigenvalue weighted by Crippen LogP contribution is -2.28. The van der Waals surface area contributed by atoms with E-state index >= 15 is 0 Å². The number of hydrogen-bond donors (Lipinski definition) is 1. The second-order valence-electron chi connectivity index (χ2n) is 5.32. The van der Waals surface area contributed by atoms with E-state index in [1.165, 1.54) is 45.1 Å². The quantitative estimate of drug-likeness (QED) is 0.703. The maximum Gasteiger partial charge on any atom is 0.00725 e. The Labute approximate surface area is 82.3 Å². The number of rotatable bonds is 4. The van der Waals surface area contributed by atoms with E-state index in [1.807, 2.05) is 0 Å². The molecule has 2 aliphatic carbocycles. The van der Waals surface area contributed by atoms with E-state index < -0.39 is 0 Å². The third kappa shape index (κ3) is 2.07. The lowest BCUT2D eigenvalue weighted by molar-refractivity contribution is 0.274. The average molecular weight is 181 g/mol. The molecular formula is C12H23N. The topological polar surface area (TPSA) is 12.0 Å². The van der Waals surface area contributed by atoms with Crippen molar-refractivity contribution >= 4 is 0 Å². The van der Waals surface area contributed by atoms with Crippen LogP contribution in [0.1, 0.15) is 52.4 Å². The summed E-state index contributed by atoms with van der Waals surface area (Å²) in [6.45, 7) is 5.98. The van der Waals surface area contributed by atoms with Gasteiger partial charge in [-0.1, -0.05) is 13.8 Å². The Bertz CT molecular complexity index is 174. The van der Waals surface area contributed by atoms with Crippen LogP contribution < -0.4 is 5.32 Å². The van der Waals surface area contributed by atoms with E-state index in [4.69, 9.17) is 0 Å². The fourth-order valence-electron chi connectivity index (χ4n) is 2.94. The molecule has 1 nitrogen and oxygen atoms in total. The molecule has 0 saturated heterocycles. The van der Waals surface area contributed by atoms with Gasteiger partial charge < -0.3 is 5.32 Å². The summed E-state index contributed by atoms with van der Waals surface area (Å²) < 4.78 is 0. The second kappa shape index (κ2) is 3.61. The Hall–Kier alpha value is -0.0400. The van der Waals surface area contributed by atoms with E-state index in [-0.39, 0.29) is 0 Å². The summed E-state index contributed by atoms with van der Waals surface area (Å²) in [5.74, 6) is 1.08. The normalized spacial score (nSPS) is 39.7. The first-order valence-electron chi connectivity index (χ1n) is 5.98. The summed E-state index contributed by atoms with van der Waals surface area (Å²) in [5.41, 5.74) is 0.714. The maximum atomic E-state index is 3.67. The van der Waals surface area contributed by atoms with Crippen molar-refractivity contribution in [2.75, 3.05) is 6.54 Å². The molecule has 0 heterocycles. The Morgan fingerprint density at radius 2 is 2.08 bits per heavy atom. The molecular weight excluding hydrogens is 158 g/mol. The van der Waals surface area contributed by atoms with Crippen LogP contribution in [0, 0.1) is 11.3 Å². The molecule has 2 aliphatic rings. The van der Waals surface area contributed by atoms with Crippen LogP contribution in [-0.2, 0) is 0 Å². The van der Waals surface area contributed by atoms with Crippen molar-refractivity contribution in [2.24, 2.45) is 11.3 Å². The molecule has 0 amide bonds. The molecule has 13 heavy (non-hydrogen) atoms. The Balaban J connectivity index is 1.79. The van der Waals surface area contributed by atoms with Gasteiger partial charge in [0.15, 0.2) is 0 Å². The molecule has 0 radical (unpaired) electrons. The number of nitrogens with one attached hydrogen (secondary N) is 1. The van der Waals surface area contributed by atoms with Crippen LogP contribution in [0.4, 0.5) is 0 Å². The molecule has 76 valence electrons. The molecule has 0 aromatic heterocycles. The summed E-state index contributed by atoms with van der Waals surface area (Å²) in [6, 6.07) is 0.838. The maximum absolute atomic E-state index is 3.67. The molecule has 1 heteroatoms. The van der Waals surface area contributed by atoms with Crippen molar-refractivity contribution in [2.45, 2.75) is 58.4 Å². The van der Waals surface area contributed by atoms with Crippen molar-refractivity contribution in [1.29, 1.82) is 0 Å². The molecule has 0 spiro atoms. The molecule has 0 aliphatic heterocycles. The summed E-state index contributed by atoms with van der Waals surface area (Å²) in [7, 11) is 0. The van der Waals surface area contributed by atoms with E-state index in [0.29, 0.717) is 5.41 Å². The van der Waals surface area contributed by atoms with Gasteiger partial charge in [-0.3, -0.25) is 0 Å². The Kier molecular flexibility index (Phi) is 2.64. The lowest BCUT2D eigenvalue weighted by atomic mass is 9.83. The van der Waals surface area contributed by atoms with E-state index in [9.17, 15) is 0 Å². The zero-order valence-electron chi connectivity index (χ0n) is 9.10. The zero-order valence-corrected chi connectivity index (χ0v) is 9.10. The molecule has 2 atom stereocenters. The predicted octanol–water partition coefficient (Wildman–Crippen LogP) is 2.95. The van der Waals surface area contributed by atoms with Crippen molar-refractivity contribution < 1.29 is 0 Å². The molecule has 0 aromatic carbocycles. The minimum atomic E-state index is 0.714. The molecule has 1 N–H and O–H groups in total. The van der Waals surface area contributed by atoms with Crippen LogP contribution in [0.25, 0.3) is 0 Å². The molecule has 2 rings (SSSR count). The number of hydrogen-bond acceptors (Lipinski definition) is 1. The highest BCUT2D eigenvalue weighted by Crippen LogP contribution is 2.54. The third-order valence-electron chi connectivity index (χ3n) is 4.02. The van der Waals surface area contributed by atoms with Crippen molar-refractivity contribution in [1.82, 2.24) is 5.32 Å². The first-order valence-corrected chi connectivity index (χ1v) is 5.98. The highest BCUT2D eigenvalue weighted by atomic mass is 14.9. The van der Waals surface area contributed by atoms with Crippen LogP contribution >= 0.6 is 0 Å². The molecule has 2 saturated carbocycles. The lowest BCUT2D eigenvalue weighted by Gasteiger charge is -2.23. The third-order valence-corrected chi connectivity index (χ3v) is 4.02. The largest absolute Gasteiger partial charge is 0.314 e. The van der Waals surface area contributed by atoms with E-state index in [2.05, 4.69) is 19.2 Å². The van der Waals surface area contributed by atoms with Crippen LogP contribution in [0.5, 0.6) is 0 Å². The van der Waals surface area contributed by atoms with Crippen LogP contribution in [-0.4, -0.2) is 12.6 Å². The van der Waals surface area contributed by atoms with Gasteiger partial charge in [0.05, 0.1) is 0 Å². The first-order chi connectivity index (χ1) is 6.24. The van der Waals surface area contributed by atoms with Crippen LogP contribution in [0.2, 0.25) is 0 Å². The average Bonchev–Trinajstić information content (AvgIpc) is 2.89. The summed E-state index contributed by atoms with van der Waals surface area (Å²) >= 11 is 0. The summed E-state index contributed by atoms with van der Waals surface area (Å²) in [6.07, 6.45) is 8.63. The summed E-state index contributed by atoms with van der Waals surface area (Å²) in [5, 5.41) is 3.67. The van der Waals surface area contributed by atoms with Gasteiger partial charge in [0.2, 0.25) is 0 Å². The summed E-state index contributed by atoms with van der Waals surface area (Å²) in [4.78, 5) is 0. The van der Waals surface area contributed by atoms with Gasteiger partial charge in [-0.25, -0.2) is 0 Å². The van der Waals surface area contributed by atoms with E-state index in [1.54, 1.807) is 0 Å². The Morgan fingerprint density at radius 3 is 2.69 bits per heavy atom. The van der Waals surface area contributed by atoms with Gasteiger partial charge in [0.1, 0.15) is 0 Å². The van der Waals surface area contributed by atoms with Gasteiger partial charge in [-0.05, 0) is 56.4 Å². The predicted molar refractivity (Wildman–Crippen MR) is 56.8 cm³/mol. The van der Waals surface area contributed by atoms with Crippen molar-refractivity contribution in [3.63, 3.8) is 0 Å². The SMILES string of the molecule is CCCNC1CCC(C)(C2CC2)C1. The fourth-order valence-corrected chi connectivity index (χ4v) is 2.94. The van der Waals surface area contributed by atoms with Gasteiger partial charge in [0.25, 0.3) is 0 Å². The first kappa shape index (κ1) is 9.51. The van der Waals surface area contributed by atoms with Crippen molar-refractivity contribution in [3.8, 4) is 0 Å². The van der Waals surface area contributed by atoms with Gasteiger partial charge >= 0.3 is 0 Å². The van der Waals surface area contributed by atoms with Gasteiger partial charge in [0, 0.05) is 6.04 Å². The monoisotopic (exact) mass is 181 g/mol. The molecule has 2 fully saturated rings. The standard InChI is InChI=1S/C12H23N/c1-3-8-13-11-6-7-12(2,9-11)10-4-5-10/h10-11,13H,3-9H2,1-2H3. The minimum absolute atomic E-state index is 0.714. The van der Waals surface area contributed by atoms with Crippen LogP contribution in [0.15, 0.2) is 0 Å². The van der Waals surface area contributed by atoms with Gasteiger partial charge in [-0.15, -0.1) is 0 Å². The highest BCUT2D eigenvalue weighted by molar-refractivity contribution is 4.98. The van der Waals surface area contributed by atoms with Crippen molar-refractivity contribution in [3.05, 3.63) is 0 Å². The van der Waals surface area contributed by atoms with Gasteiger partial charge in [-0.2, -0.15) is 0 Å². The fraction of sp³-hybridized carbons (Fsp3) is 1.00. The second-order valence-corrected chi connectivity index (χ2v) is 5.32. The minimum Gasteiger partial charge on any atom is -0.314 e. The Morgan fingerprint density at radius 1 is 1.31 bits per heavy atom. The van der Waals surface area contributed by atoms with E-state index in [0.717, 1.165) is 12.0 Å². The zero-order chi connectivity index (χ0) is 9.31. The molecule has 0 aromatic rings.